The number of nitrogens with zero attached hydrogens (tertiary/aromatic N) is 1. The molecule has 0 aliphatic carbocycles. The summed E-state index contributed by atoms with van der Waals surface area (Å²) in [5.41, 5.74) is 5.67. The van der Waals surface area contributed by atoms with Crippen LogP contribution in [0.4, 0.5) is 5.69 Å². The monoisotopic (exact) mass is 447 g/mol. The third-order valence-corrected chi connectivity index (χ3v) is 4.75. The summed E-state index contributed by atoms with van der Waals surface area (Å²) < 4.78 is 15.9. The molecule has 0 aromatic heterocycles. The third kappa shape index (κ3) is 5.88. The van der Waals surface area contributed by atoms with Crippen LogP contribution in [0.1, 0.15) is 31.8 Å². The van der Waals surface area contributed by atoms with Crippen LogP contribution in [0.5, 0.6) is 17.2 Å². The third-order valence-electron chi connectivity index (χ3n) is 4.75. The van der Waals surface area contributed by atoms with Crippen LogP contribution >= 0.6 is 0 Å². The fourth-order valence-corrected chi connectivity index (χ4v) is 3.10. The molecule has 2 N–H and O–H groups in total. The van der Waals surface area contributed by atoms with Crippen LogP contribution in [0.15, 0.2) is 65.8 Å². The lowest BCUT2D eigenvalue weighted by Crippen LogP contribution is -2.18. The van der Waals surface area contributed by atoms with Gasteiger partial charge in [0, 0.05) is 22.4 Å². The Morgan fingerprint density at radius 1 is 0.818 bits per heavy atom. The minimum Gasteiger partial charge on any atom is -0.493 e. The van der Waals surface area contributed by atoms with Crippen molar-refractivity contribution in [3.8, 4) is 17.2 Å². The standard InChI is InChI=1S/C25H25N3O5/c1-16-6-5-7-19(12-16)24(29)27-20-10-8-18(9-11-20)25(30)28-26-15-17-13-21(31-2)23(33-4)22(14-17)32-3/h5-15H,1-4H3,(H,27,29)(H,28,30)/b26-15-. The highest BCUT2D eigenvalue weighted by Gasteiger charge is 2.12. The van der Waals surface area contributed by atoms with Crippen molar-refractivity contribution in [2.24, 2.45) is 5.10 Å². The van der Waals surface area contributed by atoms with Gasteiger partial charge in [-0.05, 0) is 55.5 Å². The second-order valence-electron chi connectivity index (χ2n) is 7.06. The number of hydrogen-bond acceptors (Lipinski definition) is 6. The van der Waals surface area contributed by atoms with Crippen LogP contribution in [-0.4, -0.2) is 39.4 Å². The van der Waals surface area contributed by atoms with E-state index in [1.807, 2.05) is 25.1 Å². The molecule has 170 valence electrons. The molecule has 0 unspecified atom stereocenters. The molecule has 8 nitrogen and oxygen atoms in total. The van der Waals surface area contributed by atoms with Crippen molar-refractivity contribution in [2.75, 3.05) is 26.6 Å². The summed E-state index contributed by atoms with van der Waals surface area (Å²) in [5.74, 6) is 0.817. The Morgan fingerprint density at radius 3 is 2.06 bits per heavy atom. The Labute approximate surface area is 192 Å². The quantitative estimate of drug-likeness (QED) is 0.401. The molecule has 3 rings (SSSR count). The lowest BCUT2D eigenvalue weighted by molar-refractivity contribution is 0.0954. The van der Waals surface area contributed by atoms with Gasteiger partial charge in [0.25, 0.3) is 11.8 Å². The molecule has 0 saturated carbocycles. The lowest BCUT2D eigenvalue weighted by Gasteiger charge is -2.12. The number of aryl methyl sites for hydroxylation is 1. The lowest BCUT2D eigenvalue weighted by atomic mass is 10.1. The maximum Gasteiger partial charge on any atom is 0.271 e. The van der Waals surface area contributed by atoms with E-state index in [9.17, 15) is 9.59 Å². The summed E-state index contributed by atoms with van der Waals surface area (Å²) in [6.45, 7) is 1.92. The van der Waals surface area contributed by atoms with Gasteiger partial charge in [0.05, 0.1) is 27.5 Å². The van der Waals surface area contributed by atoms with Crippen LogP contribution in [0, 0.1) is 6.92 Å². The fourth-order valence-electron chi connectivity index (χ4n) is 3.10. The number of hydrazone groups is 1. The summed E-state index contributed by atoms with van der Waals surface area (Å²) in [6.07, 6.45) is 1.47. The second kappa shape index (κ2) is 10.8. The van der Waals surface area contributed by atoms with Gasteiger partial charge in [0.1, 0.15) is 0 Å². The Balaban J connectivity index is 1.63. The summed E-state index contributed by atoms with van der Waals surface area (Å²) in [5, 5.41) is 6.81. The van der Waals surface area contributed by atoms with E-state index in [0.29, 0.717) is 39.6 Å². The molecule has 8 heteroatoms. The normalized spacial score (nSPS) is 10.5. The molecule has 0 heterocycles. The predicted molar refractivity (Wildman–Crippen MR) is 127 cm³/mol. The van der Waals surface area contributed by atoms with Gasteiger partial charge in [0.2, 0.25) is 5.75 Å². The zero-order valence-electron chi connectivity index (χ0n) is 18.8. The van der Waals surface area contributed by atoms with E-state index in [4.69, 9.17) is 14.2 Å². The number of anilines is 1. The van der Waals surface area contributed by atoms with Crippen molar-refractivity contribution in [1.82, 2.24) is 5.43 Å². The minimum absolute atomic E-state index is 0.217. The van der Waals surface area contributed by atoms with Crippen LogP contribution in [0.2, 0.25) is 0 Å². The average Bonchev–Trinajstić information content (AvgIpc) is 2.83. The summed E-state index contributed by atoms with van der Waals surface area (Å²) in [7, 11) is 4.56. The molecule has 3 aromatic carbocycles. The van der Waals surface area contributed by atoms with E-state index in [0.717, 1.165) is 5.56 Å². The Bertz CT molecular complexity index is 1150. The van der Waals surface area contributed by atoms with E-state index in [2.05, 4.69) is 15.8 Å². The second-order valence-corrected chi connectivity index (χ2v) is 7.06. The zero-order valence-corrected chi connectivity index (χ0v) is 18.8. The largest absolute Gasteiger partial charge is 0.493 e. The number of carbonyl (C=O) groups excluding carboxylic acids is 2. The van der Waals surface area contributed by atoms with Crippen molar-refractivity contribution >= 4 is 23.7 Å². The van der Waals surface area contributed by atoms with Crippen LogP contribution in [-0.2, 0) is 0 Å². The molecule has 0 saturated heterocycles. The van der Waals surface area contributed by atoms with E-state index in [1.54, 1.807) is 42.5 Å². The van der Waals surface area contributed by atoms with E-state index in [1.165, 1.54) is 27.5 Å². The number of amides is 2. The van der Waals surface area contributed by atoms with Gasteiger partial charge in [-0.2, -0.15) is 5.10 Å². The minimum atomic E-state index is -0.393. The SMILES string of the molecule is COc1cc(/C=N\NC(=O)c2ccc(NC(=O)c3cccc(C)c3)cc2)cc(OC)c1OC. The van der Waals surface area contributed by atoms with E-state index in [-0.39, 0.29) is 5.91 Å². The zero-order chi connectivity index (χ0) is 23.8. The Kier molecular flexibility index (Phi) is 7.64. The first-order chi connectivity index (χ1) is 15.9. The highest BCUT2D eigenvalue weighted by atomic mass is 16.5. The number of benzene rings is 3. The van der Waals surface area contributed by atoms with Crippen molar-refractivity contribution in [3.05, 3.63) is 82.9 Å². The highest BCUT2D eigenvalue weighted by molar-refractivity contribution is 6.04. The van der Waals surface area contributed by atoms with Crippen LogP contribution in [0.25, 0.3) is 0 Å². The highest BCUT2D eigenvalue weighted by Crippen LogP contribution is 2.37. The van der Waals surface area contributed by atoms with Crippen LogP contribution < -0.4 is 25.0 Å². The molecule has 0 bridgehead atoms. The smallest absolute Gasteiger partial charge is 0.271 e. The van der Waals surface area contributed by atoms with Crippen molar-refractivity contribution in [2.45, 2.75) is 6.92 Å². The molecule has 0 fully saturated rings. The molecule has 0 aliphatic rings. The molecule has 0 atom stereocenters. The predicted octanol–water partition coefficient (Wildman–Crippen LogP) is 4.04. The molecule has 2 amide bonds. The van der Waals surface area contributed by atoms with Crippen molar-refractivity contribution in [1.29, 1.82) is 0 Å². The maximum absolute atomic E-state index is 12.4. The number of ether oxygens (including phenoxy) is 3. The first-order valence-electron chi connectivity index (χ1n) is 10.1. The fraction of sp³-hybridized carbons (Fsp3) is 0.160. The van der Waals surface area contributed by atoms with Gasteiger partial charge in [-0.25, -0.2) is 5.43 Å². The van der Waals surface area contributed by atoms with Gasteiger partial charge >= 0.3 is 0 Å². The Hall–Kier alpha value is -4.33. The first kappa shape index (κ1) is 23.3. The summed E-state index contributed by atoms with van der Waals surface area (Å²) >= 11 is 0. The van der Waals surface area contributed by atoms with Gasteiger partial charge < -0.3 is 19.5 Å². The first-order valence-corrected chi connectivity index (χ1v) is 10.1. The molecule has 0 radical (unpaired) electrons. The molecule has 3 aromatic rings. The molecule has 0 aliphatic heterocycles. The average molecular weight is 447 g/mol. The Morgan fingerprint density at radius 2 is 1.48 bits per heavy atom. The molecule has 33 heavy (non-hydrogen) atoms. The van der Waals surface area contributed by atoms with E-state index >= 15 is 0 Å². The number of hydrogen-bond donors (Lipinski definition) is 2. The summed E-state index contributed by atoms with van der Waals surface area (Å²) in [6, 6.07) is 17.3. The van der Waals surface area contributed by atoms with E-state index < -0.39 is 5.91 Å². The van der Waals surface area contributed by atoms with Gasteiger partial charge in [-0.1, -0.05) is 17.7 Å². The number of carbonyl (C=O) groups is 2. The molecular formula is C25H25N3O5. The maximum atomic E-state index is 12.4. The van der Waals surface area contributed by atoms with Gasteiger partial charge in [-0.15, -0.1) is 0 Å². The van der Waals surface area contributed by atoms with Crippen molar-refractivity contribution < 1.29 is 23.8 Å². The van der Waals surface area contributed by atoms with Crippen molar-refractivity contribution in [3.63, 3.8) is 0 Å². The summed E-state index contributed by atoms with van der Waals surface area (Å²) in [4.78, 5) is 24.8. The van der Waals surface area contributed by atoms with Gasteiger partial charge in [-0.3, -0.25) is 9.59 Å². The van der Waals surface area contributed by atoms with Gasteiger partial charge in [0.15, 0.2) is 11.5 Å². The number of methoxy groups -OCH3 is 3. The number of nitrogens with one attached hydrogen (secondary N) is 2. The topological polar surface area (TPSA) is 98.2 Å². The van der Waals surface area contributed by atoms with Crippen LogP contribution in [0.3, 0.4) is 0 Å². The molecule has 0 spiro atoms. The number of rotatable bonds is 8. The molecular weight excluding hydrogens is 422 g/mol.